The number of halogens is 4. The van der Waals surface area contributed by atoms with Crippen LogP contribution in [0.15, 0.2) is 18.2 Å². The van der Waals surface area contributed by atoms with Crippen LogP contribution in [-0.4, -0.2) is 73.7 Å². The zero-order chi connectivity index (χ0) is 34.1. The summed E-state index contributed by atoms with van der Waals surface area (Å²) in [4.78, 5) is 13.8. The first-order chi connectivity index (χ1) is 22.7. The zero-order valence-corrected chi connectivity index (χ0v) is 27.3. The molecule has 7 rings (SSSR count). The highest BCUT2D eigenvalue weighted by atomic mass is 32.2. The number of nitrogen functional groups attached to an aromatic ring is 1. The van der Waals surface area contributed by atoms with Crippen molar-refractivity contribution < 1.29 is 35.5 Å². The Morgan fingerprint density at radius 3 is 2.77 bits per heavy atom. The second kappa shape index (κ2) is 11.8. The molecule has 0 unspecified atom stereocenters. The van der Waals surface area contributed by atoms with Gasteiger partial charge in [-0.1, -0.05) is 18.1 Å². The van der Waals surface area contributed by atoms with Gasteiger partial charge in [-0.3, -0.25) is 4.90 Å². The molecule has 0 aliphatic carbocycles. The minimum atomic E-state index is -4.94. The van der Waals surface area contributed by atoms with E-state index >= 15 is 4.39 Å². The summed E-state index contributed by atoms with van der Waals surface area (Å²) in [5.41, 5.74) is 3.97. The van der Waals surface area contributed by atoms with Crippen LogP contribution in [0, 0.1) is 17.7 Å². The monoisotopic (exact) mass is 691 g/mol. The Kier molecular flexibility index (Phi) is 8.14. The van der Waals surface area contributed by atoms with Crippen molar-refractivity contribution >= 4 is 21.7 Å². The fraction of sp³-hybridized carbons (Fsp3) is 0.562. The van der Waals surface area contributed by atoms with Crippen molar-refractivity contribution in [3.63, 3.8) is 0 Å². The number of nitrogens with zero attached hydrogens (tertiary/aromatic N) is 4. The van der Waals surface area contributed by atoms with E-state index in [1.54, 1.807) is 0 Å². The maximum atomic E-state index is 15.6. The highest BCUT2D eigenvalue weighted by molar-refractivity contribution is 7.87. The minimum Gasteiger partial charge on any atom is -0.461 e. The van der Waals surface area contributed by atoms with Crippen LogP contribution in [0.5, 0.6) is 6.01 Å². The standard InChI is InChI=1S/C32H37F4N7O4S/c1-3-6-20-11-22(37)27(33)25(26(20)32(34,35)36)24-12-23-21(15-46-24)28(42-9-4-7-30(17-42)16-38-48(44,45)41-30)40-29(39-23)47-18-31-8-5-10-43(31)14-19(2)13-31/h11,24,38,41H,2,4-5,7-10,12-18,37H2,1H3/t24-,30-,31+/m0/s1. The molecule has 5 aliphatic rings. The molecule has 48 heavy (non-hydrogen) atoms. The van der Waals surface area contributed by atoms with Crippen molar-refractivity contribution in [2.75, 3.05) is 50.0 Å². The van der Waals surface area contributed by atoms with E-state index in [0.29, 0.717) is 43.1 Å². The molecule has 5 aliphatic heterocycles. The van der Waals surface area contributed by atoms with Gasteiger partial charge in [-0.05, 0) is 51.6 Å². The molecule has 1 spiro atoms. The largest absolute Gasteiger partial charge is 0.461 e. The molecule has 0 saturated carbocycles. The van der Waals surface area contributed by atoms with Crippen molar-refractivity contribution in [1.29, 1.82) is 0 Å². The molecule has 16 heteroatoms. The van der Waals surface area contributed by atoms with Gasteiger partial charge in [0.15, 0.2) is 5.82 Å². The van der Waals surface area contributed by atoms with Crippen LogP contribution in [0.1, 0.15) is 73.1 Å². The first kappa shape index (κ1) is 33.0. The maximum Gasteiger partial charge on any atom is 0.418 e. The number of piperidine rings is 1. The van der Waals surface area contributed by atoms with Crippen molar-refractivity contribution in [1.82, 2.24) is 24.3 Å². The topological polar surface area (TPSA) is 135 Å². The van der Waals surface area contributed by atoms with Gasteiger partial charge < -0.3 is 20.1 Å². The van der Waals surface area contributed by atoms with Crippen LogP contribution in [0.3, 0.4) is 0 Å². The van der Waals surface area contributed by atoms with Gasteiger partial charge in [0.25, 0.3) is 10.2 Å². The SMILES string of the molecule is C=C1CN2CCC[C@]2(COc2nc3c(c(N4CCC[C@]5(CNS(=O)(=O)N5)C4)n2)CO[C@H](c2c(F)c(N)cc(C#CC)c2C(F)(F)F)C3)C1. The Morgan fingerprint density at radius 1 is 1.25 bits per heavy atom. The Hall–Kier alpha value is -3.49. The second-order valence-corrected chi connectivity index (χ2v) is 14.9. The number of aromatic nitrogens is 2. The Morgan fingerprint density at radius 2 is 2.04 bits per heavy atom. The number of benzene rings is 1. The summed E-state index contributed by atoms with van der Waals surface area (Å²) in [6.07, 6.45) is -2.58. The molecule has 11 nitrogen and oxygen atoms in total. The van der Waals surface area contributed by atoms with Crippen LogP contribution < -0.4 is 24.8 Å². The van der Waals surface area contributed by atoms with E-state index in [-0.39, 0.29) is 37.7 Å². The van der Waals surface area contributed by atoms with E-state index in [0.717, 1.165) is 44.0 Å². The molecule has 4 saturated heterocycles. The zero-order valence-electron chi connectivity index (χ0n) is 26.5. The number of alkyl halides is 3. The lowest BCUT2D eigenvalue weighted by molar-refractivity contribution is -0.140. The lowest BCUT2D eigenvalue weighted by Crippen LogP contribution is -2.56. The summed E-state index contributed by atoms with van der Waals surface area (Å²) in [5.74, 6) is 4.09. The lowest BCUT2D eigenvalue weighted by Gasteiger charge is -2.41. The molecule has 4 N–H and O–H groups in total. The predicted octanol–water partition coefficient (Wildman–Crippen LogP) is 3.35. The quantitative estimate of drug-likeness (QED) is 0.187. The molecule has 6 heterocycles. The molecule has 2 aromatic rings. The second-order valence-electron chi connectivity index (χ2n) is 13.4. The number of rotatable bonds is 5. The normalized spacial score (nSPS) is 28.3. The van der Waals surface area contributed by atoms with Crippen LogP contribution in [-0.2, 0) is 34.2 Å². The van der Waals surface area contributed by atoms with Crippen molar-refractivity contribution in [3.8, 4) is 17.9 Å². The molecule has 0 bridgehead atoms. The fourth-order valence-corrected chi connectivity index (χ4v) is 9.41. The summed E-state index contributed by atoms with van der Waals surface area (Å²) >= 11 is 0. The number of anilines is 2. The molecule has 0 amide bonds. The highest BCUT2D eigenvalue weighted by Crippen LogP contribution is 2.45. The number of hydrogen-bond donors (Lipinski definition) is 3. The molecule has 3 atom stereocenters. The van der Waals surface area contributed by atoms with Crippen molar-refractivity contribution in [2.45, 2.75) is 75.4 Å². The first-order valence-corrected chi connectivity index (χ1v) is 17.4. The Bertz CT molecular complexity index is 1850. The smallest absolute Gasteiger partial charge is 0.418 e. The van der Waals surface area contributed by atoms with Gasteiger partial charge in [-0.25, -0.2) is 9.11 Å². The van der Waals surface area contributed by atoms with E-state index in [1.807, 2.05) is 4.90 Å². The van der Waals surface area contributed by atoms with E-state index in [9.17, 15) is 21.6 Å². The van der Waals surface area contributed by atoms with Gasteiger partial charge in [0.2, 0.25) is 0 Å². The summed E-state index contributed by atoms with van der Waals surface area (Å²) in [7, 11) is -3.65. The Labute approximate surface area is 276 Å². The van der Waals surface area contributed by atoms with Gasteiger partial charge in [0.1, 0.15) is 12.4 Å². The third-order valence-electron chi connectivity index (χ3n) is 10.1. The number of nitrogens with one attached hydrogen (secondary N) is 2. The summed E-state index contributed by atoms with van der Waals surface area (Å²) in [6, 6.07) is 0.928. The molecule has 1 aromatic carbocycles. The predicted molar refractivity (Wildman–Crippen MR) is 169 cm³/mol. The summed E-state index contributed by atoms with van der Waals surface area (Å²) in [5, 5.41) is 0. The third-order valence-corrected chi connectivity index (χ3v) is 11.3. The molecule has 0 radical (unpaired) electrons. The number of ether oxygens (including phenoxy) is 2. The number of nitrogens with two attached hydrogens (primary N) is 1. The van der Waals surface area contributed by atoms with Crippen LogP contribution in [0.25, 0.3) is 0 Å². The highest BCUT2D eigenvalue weighted by Gasteiger charge is 2.48. The van der Waals surface area contributed by atoms with Crippen LogP contribution in [0.4, 0.5) is 29.1 Å². The lowest BCUT2D eigenvalue weighted by atomic mass is 9.89. The van der Waals surface area contributed by atoms with Gasteiger partial charge >= 0.3 is 12.2 Å². The average Bonchev–Trinajstić information content (AvgIpc) is 3.65. The van der Waals surface area contributed by atoms with Crippen LogP contribution >= 0.6 is 0 Å². The molecular formula is C32H37F4N7O4S. The van der Waals surface area contributed by atoms with E-state index in [1.165, 1.54) is 6.92 Å². The Balaban J connectivity index is 1.28. The van der Waals surface area contributed by atoms with Crippen molar-refractivity contribution in [2.24, 2.45) is 0 Å². The van der Waals surface area contributed by atoms with E-state index in [2.05, 4.69) is 37.7 Å². The van der Waals surface area contributed by atoms with Gasteiger partial charge in [0.05, 0.1) is 40.7 Å². The minimum absolute atomic E-state index is 0.0366. The molecule has 4 fully saturated rings. The van der Waals surface area contributed by atoms with Gasteiger partial charge in [-0.15, -0.1) is 5.92 Å². The maximum absolute atomic E-state index is 15.6. The van der Waals surface area contributed by atoms with Gasteiger partial charge in [0, 0.05) is 49.3 Å². The first-order valence-electron chi connectivity index (χ1n) is 15.9. The number of hydrogen-bond acceptors (Lipinski definition) is 9. The number of fused-ring (bicyclic) bond motifs is 2. The van der Waals surface area contributed by atoms with Crippen LogP contribution in [0.2, 0.25) is 0 Å². The van der Waals surface area contributed by atoms with Gasteiger partial charge in [-0.2, -0.15) is 36.3 Å². The molecular weight excluding hydrogens is 654 g/mol. The fourth-order valence-electron chi connectivity index (χ4n) is 8.06. The van der Waals surface area contributed by atoms with Crippen molar-refractivity contribution in [3.05, 3.63) is 52.0 Å². The summed E-state index contributed by atoms with van der Waals surface area (Å²) in [6.45, 7) is 8.36. The summed E-state index contributed by atoms with van der Waals surface area (Å²) < 4.78 is 101. The van der Waals surface area contributed by atoms with E-state index in [4.69, 9.17) is 20.2 Å². The van der Waals surface area contributed by atoms with E-state index < -0.39 is 56.2 Å². The molecule has 1 aromatic heterocycles. The third kappa shape index (κ3) is 5.89. The molecule has 258 valence electrons. The average molecular weight is 692 g/mol.